The maximum Gasteiger partial charge on any atom is 0.131 e. The lowest BCUT2D eigenvalue weighted by Crippen LogP contribution is -2.14. The van der Waals surface area contributed by atoms with Crippen LogP contribution in [0.1, 0.15) is 27.2 Å². The topological polar surface area (TPSA) is 70.1 Å². The van der Waals surface area contributed by atoms with Crippen LogP contribution in [0.4, 0.5) is 11.6 Å². The van der Waals surface area contributed by atoms with E-state index in [9.17, 15) is 0 Å². The van der Waals surface area contributed by atoms with Crippen molar-refractivity contribution >= 4 is 11.6 Å². The van der Waals surface area contributed by atoms with Gasteiger partial charge in [0, 0.05) is 19.2 Å². The summed E-state index contributed by atoms with van der Waals surface area (Å²) >= 11 is 0. The van der Waals surface area contributed by atoms with Crippen molar-refractivity contribution in [2.75, 3.05) is 30.3 Å². The Bertz CT molecular complexity index is 336. The number of rotatable bonds is 6. The summed E-state index contributed by atoms with van der Waals surface area (Å²) in [6.45, 7) is 8.11. The van der Waals surface area contributed by atoms with Crippen molar-refractivity contribution < 1.29 is 5.11 Å². The summed E-state index contributed by atoms with van der Waals surface area (Å²) in [6.07, 6.45) is 2.59. The molecule has 1 aromatic heterocycles. The van der Waals surface area contributed by atoms with Gasteiger partial charge in [-0.2, -0.15) is 0 Å². The average Bonchev–Trinajstić information content (AvgIpc) is 2.25. The van der Waals surface area contributed by atoms with Gasteiger partial charge in [0.1, 0.15) is 18.0 Å². The van der Waals surface area contributed by atoms with Crippen LogP contribution < -0.4 is 10.6 Å². The maximum atomic E-state index is 8.71. The lowest BCUT2D eigenvalue weighted by atomic mass is 9.92. The highest BCUT2D eigenvalue weighted by atomic mass is 16.3. The molecular formula is C12H22N4O. The molecular weight excluding hydrogens is 216 g/mol. The summed E-state index contributed by atoms with van der Waals surface area (Å²) in [5.74, 6) is 1.54. The SMILES string of the molecule is CC(C)(C)CCNc1cc(NCCO)ncn1. The minimum absolute atomic E-state index is 0.0940. The number of hydrogen-bond donors (Lipinski definition) is 3. The second kappa shape index (κ2) is 6.39. The van der Waals surface area contributed by atoms with Gasteiger partial charge in [-0.1, -0.05) is 20.8 Å². The van der Waals surface area contributed by atoms with Gasteiger partial charge in [-0.05, 0) is 11.8 Å². The van der Waals surface area contributed by atoms with Crippen molar-refractivity contribution in [3.63, 3.8) is 0 Å². The standard InChI is InChI=1S/C12H22N4O/c1-12(2,3)4-5-13-10-8-11(14-6-7-17)16-9-15-10/h8-9,17H,4-7H2,1-3H3,(H2,13,14,15,16). The predicted octanol–water partition coefficient (Wildman–Crippen LogP) is 1.73. The zero-order valence-electron chi connectivity index (χ0n) is 10.8. The van der Waals surface area contributed by atoms with E-state index in [4.69, 9.17) is 5.11 Å². The van der Waals surface area contributed by atoms with Crippen molar-refractivity contribution in [3.8, 4) is 0 Å². The second-order valence-electron chi connectivity index (χ2n) is 5.18. The minimum atomic E-state index is 0.0940. The van der Waals surface area contributed by atoms with E-state index in [0.717, 1.165) is 24.6 Å². The molecule has 3 N–H and O–H groups in total. The predicted molar refractivity (Wildman–Crippen MR) is 70.2 cm³/mol. The number of aromatic nitrogens is 2. The number of anilines is 2. The van der Waals surface area contributed by atoms with Crippen LogP contribution in [0.5, 0.6) is 0 Å². The molecule has 1 aromatic rings. The van der Waals surface area contributed by atoms with Crippen LogP contribution in [-0.4, -0.2) is 34.8 Å². The van der Waals surface area contributed by atoms with Crippen LogP contribution in [-0.2, 0) is 0 Å². The highest BCUT2D eigenvalue weighted by Crippen LogP contribution is 2.18. The number of aliphatic hydroxyl groups excluding tert-OH is 1. The van der Waals surface area contributed by atoms with E-state index < -0.39 is 0 Å². The Morgan fingerprint density at radius 1 is 1.12 bits per heavy atom. The highest BCUT2D eigenvalue weighted by molar-refractivity contribution is 5.46. The van der Waals surface area contributed by atoms with E-state index in [1.807, 2.05) is 6.07 Å². The molecule has 17 heavy (non-hydrogen) atoms. The summed E-state index contributed by atoms with van der Waals surface area (Å²) in [7, 11) is 0. The Labute approximate surface area is 103 Å². The van der Waals surface area contributed by atoms with E-state index in [1.54, 1.807) is 0 Å². The largest absolute Gasteiger partial charge is 0.395 e. The van der Waals surface area contributed by atoms with Crippen molar-refractivity contribution in [1.29, 1.82) is 0 Å². The van der Waals surface area contributed by atoms with E-state index in [1.165, 1.54) is 6.33 Å². The molecule has 1 heterocycles. The molecule has 0 aromatic carbocycles. The van der Waals surface area contributed by atoms with Gasteiger partial charge < -0.3 is 15.7 Å². The molecule has 0 aliphatic carbocycles. The fraction of sp³-hybridized carbons (Fsp3) is 0.667. The summed E-state index contributed by atoms with van der Waals surface area (Å²) in [6, 6.07) is 1.85. The first-order valence-electron chi connectivity index (χ1n) is 5.92. The molecule has 0 amide bonds. The molecule has 96 valence electrons. The van der Waals surface area contributed by atoms with Crippen LogP contribution in [0, 0.1) is 5.41 Å². The van der Waals surface area contributed by atoms with Gasteiger partial charge >= 0.3 is 0 Å². The molecule has 0 atom stereocenters. The van der Waals surface area contributed by atoms with Gasteiger partial charge in [-0.15, -0.1) is 0 Å². The number of nitrogens with zero attached hydrogens (tertiary/aromatic N) is 2. The van der Waals surface area contributed by atoms with Gasteiger partial charge in [-0.3, -0.25) is 0 Å². The van der Waals surface area contributed by atoms with Crippen molar-refractivity contribution in [2.45, 2.75) is 27.2 Å². The lowest BCUT2D eigenvalue weighted by molar-refractivity contribution is 0.311. The molecule has 0 saturated carbocycles. The Morgan fingerprint density at radius 2 is 1.71 bits per heavy atom. The van der Waals surface area contributed by atoms with Gasteiger partial charge in [0.25, 0.3) is 0 Å². The number of aliphatic hydroxyl groups is 1. The van der Waals surface area contributed by atoms with E-state index in [2.05, 4.69) is 41.4 Å². The first kappa shape index (κ1) is 13.7. The third-order valence-corrected chi connectivity index (χ3v) is 2.27. The first-order chi connectivity index (χ1) is 8.01. The molecule has 0 saturated heterocycles. The monoisotopic (exact) mass is 238 g/mol. The minimum Gasteiger partial charge on any atom is -0.395 e. The summed E-state index contributed by atoms with van der Waals surface area (Å²) in [5.41, 5.74) is 0.317. The lowest BCUT2D eigenvalue weighted by Gasteiger charge is -2.18. The van der Waals surface area contributed by atoms with Gasteiger partial charge in [0.2, 0.25) is 0 Å². The molecule has 0 bridgehead atoms. The molecule has 0 fully saturated rings. The fourth-order valence-corrected chi connectivity index (χ4v) is 1.30. The molecule has 0 radical (unpaired) electrons. The van der Waals surface area contributed by atoms with E-state index in [-0.39, 0.29) is 6.61 Å². The van der Waals surface area contributed by atoms with Crippen LogP contribution >= 0.6 is 0 Å². The normalized spacial score (nSPS) is 11.3. The first-order valence-corrected chi connectivity index (χ1v) is 5.92. The zero-order valence-corrected chi connectivity index (χ0v) is 10.8. The molecule has 0 aliphatic rings. The molecule has 0 spiro atoms. The van der Waals surface area contributed by atoms with Crippen LogP contribution in [0.3, 0.4) is 0 Å². The molecule has 0 unspecified atom stereocenters. The van der Waals surface area contributed by atoms with Gasteiger partial charge in [0.05, 0.1) is 6.61 Å². The number of hydrogen-bond acceptors (Lipinski definition) is 5. The smallest absolute Gasteiger partial charge is 0.131 e. The third kappa shape index (κ3) is 6.06. The molecule has 0 aliphatic heterocycles. The zero-order chi connectivity index (χ0) is 12.7. The molecule has 5 nitrogen and oxygen atoms in total. The van der Waals surface area contributed by atoms with Crippen LogP contribution in [0.25, 0.3) is 0 Å². The van der Waals surface area contributed by atoms with Crippen LogP contribution in [0.15, 0.2) is 12.4 Å². The Morgan fingerprint density at radius 3 is 2.24 bits per heavy atom. The van der Waals surface area contributed by atoms with E-state index in [0.29, 0.717) is 12.0 Å². The van der Waals surface area contributed by atoms with Crippen molar-refractivity contribution in [1.82, 2.24) is 9.97 Å². The van der Waals surface area contributed by atoms with Crippen molar-refractivity contribution in [2.24, 2.45) is 5.41 Å². The third-order valence-electron chi connectivity index (χ3n) is 2.27. The van der Waals surface area contributed by atoms with Gasteiger partial charge in [0.15, 0.2) is 0 Å². The number of nitrogens with one attached hydrogen (secondary N) is 2. The summed E-state index contributed by atoms with van der Waals surface area (Å²) in [5, 5.41) is 15.0. The quantitative estimate of drug-likeness (QED) is 0.704. The van der Waals surface area contributed by atoms with Crippen molar-refractivity contribution in [3.05, 3.63) is 12.4 Å². The average molecular weight is 238 g/mol. The Kier molecular flexibility index (Phi) is 5.15. The Balaban J connectivity index is 2.43. The molecule has 5 heteroatoms. The van der Waals surface area contributed by atoms with Gasteiger partial charge in [-0.25, -0.2) is 9.97 Å². The Hall–Kier alpha value is -1.36. The second-order valence-corrected chi connectivity index (χ2v) is 5.18. The highest BCUT2D eigenvalue weighted by Gasteiger charge is 2.09. The summed E-state index contributed by atoms with van der Waals surface area (Å²) in [4.78, 5) is 8.20. The van der Waals surface area contributed by atoms with Crippen LogP contribution in [0.2, 0.25) is 0 Å². The molecule has 1 rings (SSSR count). The fourth-order valence-electron chi connectivity index (χ4n) is 1.30. The summed E-state index contributed by atoms with van der Waals surface area (Å²) < 4.78 is 0. The van der Waals surface area contributed by atoms with E-state index >= 15 is 0 Å². The maximum absolute atomic E-state index is 8.71.